The number of aryl methyl sites for hydroxylation is 1. The number of carbonyl (C=O) groups is 1. The van der Waals surface area contributed by atoms with E-state index in [0.29, 0.717) is 16.1 Å². The molecular formula is C22H23NOS. The summed E-state index contributed by atoms with van der Waals surface area (Å²) < 4.78 is 0. The zero-order valence-electron chi connectivity index (χ0n) is 15.1. The quantitative estimate of drug-likeness (QED) is 0.604. The molecule has 0 radical (unpaired) electrons. The number of nitrogen functional groups attached to an aromatic ring is 1. The lowest BCUT2D eigenvalue weighted by Gasteiger charge is -2.19. The first kappa shape index (κ1) is 17.4. The summed E-state index contributed by atoms with van der Waals surface area (Å²) in [5.74, 6) is -0.0128. The van der Waals surface area contributed by atoms with Gasteiger partial charge in [-0.15, -0.1) is 11.3 Å². The van der Waals surface area contributed by atoms with Crippen LogP contribution in [0.4, 0.5) is 5.00 Å². The first-order valence-corrected chi connectivity index (χ1v) is 9.20. The van der Waals surface area contributed by atoms with E-state index in [2.05, 4.69) is 20.8 Å². The minimum atomic E-state index is -0.0128. The highest BCUT2D eigenvalue weighted by atomic mass is 32.1. The molecular weight excluding hydrogens is 326 g/mol. The van der Waals surface area contributed by atoms with E-state index in [1.54, 1.807) is 0 Å². The molecule has 0 amide bonds. The van der Waals surface area contributed by atoms with Crippen LogP contribution < -0.4 is 5.73 Å². The third-order valence-corrected chi connectivity index (χ3v) is 5.35. The van der Waals surface area contributed by atoms with Crippen molar-refractivity contribution < 1.29 is 4.79 Å². The molecule has 3 aromatic rings. The lowest BCUT2D eigenvalue weighted by Crippen LogP contribution is -2.11. The normalized spacial score (nSPS) is 11.5. The molecule has 0 saturated heterocycles. The topological polar surface area (TPSA) is 43.1 Å². The number of rotatable bonds is 3. The van der Waals surface area contributed by atoms with E-state index < -0.39 is 0 Å². The van der Waals surface area contributed by atoms with E-state index in [4.69, 9.17) is 5.73 Å². The van der Waals surface area contributed by atoms with Gasteiger partial charge in [-0.1, -0.05) is 75.4 Å². The molecule has 0 saturated carbocycles. The number of anilines is 1. The Labute approximate surface area is 153 Å². The summed E-state index contributed by atoms with van der Waals surface area (Å²) in [4.78, 5) is 14.2. The van der Waals surface area contributed by atoms with Gasteiger partial charge in [0.2, 0.25) is 0 Å². The van der Waals surface area contributed by atoms with E-state index in [-0.39, 0.29) is 11.2 Å². The van der Waals surface area contributed by atoms with Gasteiger partial charge in [-0.05, 0) is 23.5 Å². The monoisotopic (exact) mass is 349 g/mol. The molecule has 2 aromatic carbocycles. The van der Waals surface area contributed by atoms with Crippen LogP contribution in [0.5, 0.6) is 0 Å². The van der Waals surface area contributed by atoms with Crippen molar-refractivity contribution in [2.45, 2.75) is 33.1 Å². The SMILES string of the molecule is Cc1sc(N)c(C(=O)c2ccc(C(C)(C)C)cc2)c1-c1ccccc1. The van der Waals surface area contributed by atoms with Gasteiger partial charge in [-0.2, -0.15) is 0 Å². The van der Waals surface area contributed by atoms with Gasteiger partial charge in [0.05, 0.1) is 10.6 Å². The van der Waals surface area contributed by atoms with Crippen molar-refractivity contribution in [3.63, 3.8) is 0 Å². The second kappa shape index (κ2) is 6.49. The second-order valence-electron chi connectivity index (χ2n) is 7.29. The van der Waals surface area contributed by atoms with Crippen molar-refractivity contribution >= 4 is 22.1 Å². The molecule has 128 valence electrons. The Morgan fingerprint density at radius 2 is 1.56 bits per heavy atom. The molecule has 0 atom stereocenters. The average molecular weight is 349 g/mol. The van der Waals surface area contributed by atoms with Gasteiger partial charge in [0.1, 0.15) is 0 Å². The highest BCUT2D eigenvalue weighted by Crippen LogP contribution is 2.39. The first-order chi connectivity index (χ1) is 11.8. The molecule has 3 rings (SSSR count). The van der Waals surface area contributed by atoms with Gasteiger partial charge < -0.3 is 5.73 Å². The third-order valence-electron chi connectivity index (χ3n) is 4.41. The van der Waals surface area contributed by atoms with Crippen molar-refractivity contribution in [2.24, 2.45) is 0 Å². The Hall–Kier alpha value is -2.39. The number of thiophene rings is 1. The maximum absolute atomic E-state index is 13.2. The fourth-order valence-corrected chi connectivity index (χ4v) is 3.96. The predicted molar refractivity (Wildman–Crippen MR) is 107 cm³/mol. The van der Waals surface area contributed by atoms with E-state index in [9.17, 15) is 4.79 Å². The van der Waals surface area contributed by atoms with Crippen molar-refractivity contribution in [1.82, 2.24) is 0 Å². The molecule has 0 aliphatic heterocycles. The van der Waals surface area contributed by atoms with E-state index in [0.717, 1.165) is 16.0 Å². The number of benzene rings is 2. The van der Waals surface area contributed by atoms with Gasteiger partial charge in [0.15, 0.2) is 5.78 Å². The molecule has 25 heavy (non-hydrogen) atoms. The Balaban J connectivity index is 2.07. The number of ketones is 1. The molecule has 2 N–H and O–H groups in total. The predicted octanol–water partition coefficient (Wildman–Crippen LogP) is 5.83. The van der Waals surface area contributed by atoms with Crippen LogP contribution in [-0.2, 0) is 5.41 Å². The van der Waals surface area contributed by atoms with Gasteiger partial charge in [0, 0.05) is 16.0 Å². The molecule has 0 aliphatic carbocycles. The zero-order chi connectivity index (χ0) is 18.2. The van der Waals surface area contributed by atoms with Gasteiger partial charge in [-0.25, -0.2) is 0 Å². The molecule has 1 aromatic heterocycles. The summed E-state index contributed by atoms with van der Waals surface area (Å²) >= 11 is 1.48. The molecule has 3 heteroatoms. The summed E-state index contributed by atoms with van der Waals surface area (Å²) in [5, 5.41) is 0.584. The van der Waals surface area contributed by atoms with Crippen LogP contribution in [0.3, 0.4) is 0 Å². The first-order valence-electron chi connectivity index (χ1n) is 8.38. The zero-order valence-corrected chi connectivity index (χ0v) is 15.9. The number of nitrogens with two attached hydrogens (primary N) is 1. The number of hydrogen-bond donors (Lipinski definition) is 1. The van der Waals surface area contributed by atoms with Gasteiger partial charge >= 0.3 is 0 Å². The largest absolute Gasteiger partial charge is 0.390 e. The van der Waals surface area contributed by atoms with E-state index in [1.165, 1.54) is 16.9 Å². The average Bonchev–Trinajstić information content (AvgIpc) is 2.88. The van der Waals surface area contributed by atoms with Crippen molar-refractivity contribution in [3.8, 4) is 11.1 Å². The standard InChI is InChI=1S/C22H23NOS/c1-14-18(15-8-6-5-7-9-15)19(21(23)25-14)20(24)16-10-12-17(13-11-16)22(2,3)4/h5-13H,23H2,1-4H3. The summed E-state index contributed by atoms with van der Waals surface area (Å²) in [6.07, 6.45) is 0. The smallest absolute Gasteiger partial charge is 0.196 e. The van der Waals surface area contributed by atoms with Crippen LogP contribution >= 0.6 is 11.3 Å². The lowest BCUT2D eigenvalue weighted by atomic mass is 9.86. The molecule has 0 fully saturated rings. The van der Waals surface area contributed by atoms with Crippen molar-refractivity contribution in [3.05, 3.63) is 76.2 Å². The van der Waals surface area contributed by atoms with Crippen LogP contribution in [0.2, 0.25) is 0 Å². The summed E-state index contributed by atoms with van der Waals surface area (Å²) in [7, 11) is 0. The maximum atomic E-state index is 13.2. The lowest BCUT2D eigenvalue weighted by molar-refractivity contribution is 0.104. The van der Waals surface area contributed by atoms with Crippen molar-refractivity contribution in [1.29, 1.82) is 0 Å². The van der Waals surface area contributed by atoms with Crippen LogP contribution in [-0.4, -0.2) is 5.78 Å². The summed E-state index contributed by atoms with van der Waals surface area (Å²) in [6, 6.07) is 17.9. The van der Waals surface area contributed by atoms with Crippen LogP contribution in [0.15, 0.2) is 54.6 Å². The van der Waals surface area contributed by atoms with Crippen molar-refractivity contribution in [2.75, 3.05) is 5.73 Å². The third kappa shape index (κ3) is 3.38. The highest BCUT2D eigenvalue weighted by molar-refractivity contribution is 7.16. The molecule has 0 unspecified atom stereocenters. The molecule has 0 bridgehead atoms. The highest BCUT2D eigenvalue weighted by Gasteiger charge is 2.23. The van der Waals surface area contributed by atoms with Crippen LogP contribution in [0.1, 0.15) is 47.1 Å². The molecule has 0 spiro atoms. The number of hydrogen-bond acceptors (Lipinski definition) is 3. The van der Waals surface area contributed by atoms with Crippen LogP contribution in [0, 0.1) is 6.92 Å². The Morgan fingerprint density at radius 1 is 0.960 bits per heavy atom. The van der Waals surface area contributed by atoms with Gasteiger partial charge in [-0.3, -0.25) is 4.79 Å². The minimum Gasteiger partial charge on any atom is -0.390 e. The van der Waals surface area contributed by atoms with Crippen LogP contribution in [0.25, 0.3) is 11.1 Å². The molecule has 0 aliphatic rings. The fraction of sp³-hybridized carbons (Fsp3) is 0.227. The molecule has 1 heterocycles. The maximum Gasteiger partial charge on any atom is 0.196 e. The second-order valence-corrected chi connectivity index (χ2v) is 8.55. The Morgan fingerprint density at radius 3 is 2.12 bits per heavy atom. The van der Waals surface area contributed by atoms with Gasteiger partial charge in [0.25, 0.3) is 0 Å². The summed E-state index contributed by atoms with van der Waals surface area (Å²) in [6.45, 7) is 8.51. The summed E-state index contributed by atoms with van der Waals surface area (Å²) in [5.41, 5.74) is 10.8. The van der Waals surface area contributed by atoms with E-state index >= 15 is 0 Å². The number of carbonyl (C=O) groups excluding carboxylic acids is 1. The Kier molecular flexibility index (Phi) is 4.53. The fourth-order valence-electron chi connectivity index (χ4n) is 3.01. The minimum absolute atomic E-state index is 0.0128. The van der Waals surface area contributed by atoms with E-state index in [1.807, 2.05) is 61.5 Å². The Bertz CT molecular complexity index is 900. The molecule has 2 nitrogen and oxygen atoms in total.